The number of amides is 2. The van der Waals surface area contributed by atoms with Gasteiger partial charge in [-0.25, -0.2) is 9.78 Å². The summed E-state index contributed by atoms with van der Waals surface area (Å²) >= 11 is 0. The monoisotopic (exact) mass is 564 g/mol. The fraction of sp³-hybridized carbons (Fsp3) is 0.343. The number of nitrogens with one attached hydrogen (secondary N) is 1. The first-order valence-electron chi connectivity index (χ1n) is 14.8. The molecule has 1 N–H and O–H groups in total. The van der Waals surface area contributed by atoms with Gasteiger partial charge in [-0.2, -0.15) is 0 Å². The van der Waals surface area contributed by atoms with E-state index in [1.54, 1.807) is 0 Å². The summed E-state index contributed by atoms with van der Waals surface area (Å²) in [6, 6.07) is 30.3. The van der Waals surface area contributed by atoms with E-state index in [-0.39, 0.29) is 12.3 Å². The summed E-state index contributed by atoms with van der Waals surface area (Å²) in [6.45, 7) is 6.82. The van der Waals surface area contributed by atoms with Crippen LogP contribution in [0.5, 0.6) is 0 Å². The maximum absolute atomic E-state index is 13.7. The topological polar surface area (TPSA) is 76.5 Å². The maximum atomic E-state index is 13.7. The Bertz CT molecular complexity index is 1360. The number of alkyl carbamates (subject to hydrolysis) is 1. The van der Waals surface area contributed by atoms with Crippen molar-refractivity contribution in [2.24, 2.45) is 0 Å². The van der Waals surface area contributed by atoms with Crippen LogP contribution in [0.15, 0.2) is 104 Å². The summed E-state index contributed by atoms with van der Waals surface area (Å²) in [5.41, 5.74) is 2.57. The van der Waals surface area contributed by atoms with E-state index < -0.39 is 23.3 Å². The Morgan fingerprint density at radius 1 is 0.810 bits per heavy atom. The van der Waals surface area contributed by atoms with Gasteiger partial charge in [0.1, 0.15) is 17.2 Å². The van der Waals surface area contributed by atoms with Crippen molar-refractivity contribution in [2.45, 2.75) is 63.6 Å². The Morgan fingerprint density at radius 2 is 1.31 bits per heavy atom. The highest BCUT2D eigenvalue weighted by molar-refractivity contribution is 5.86. The second-order valence-corrected chi connectivity index (χ2v) is 11.9. The van der Waals surface area contributed by atoms with Crippen LogP contribution in [0.3, 0.4) is 0 Å². The second kappa shape index (κ2) is 12.6. The van der Waals surface area contributed by atoms with Crippen molar-refractivity contribution < 1.29 is 14.3 Å². The van der Waals surface area contributed by atoms with Gasteiger partial charge in [-0.1, -0.05) is 91.0 Å². The van der Waals surface area contributed by atoms with Gasteiger partial charge in [0.05, 0.1) is 12.0 Å². The molecule has 7 heteroatoms. The molecular weight excluding hydrogens is 524 g/mol. The van der Waals surface area contributed by atoms with Crippen molar-refractivity contribution >= 4 is 12.0 Å². The van der Waals surface area contributed by atoms with Gasteiger partial charge in [-0.05, 0) is 56.7 Å². The van der Waals surface area contributed by atoms with E-state index in [1.165, 1.54) is 0 Å². The zero-order valence-electron chi connectivity index (χ0n) is 24.7. The van der Waals surface area contributed by atoms with E-state index >= 15 is 0 Å². The Kier molecular flexibility index (Phi) is 8.76. The largest absolute Gasteiger partial charge is 0.444 e. The zero-order valence-corrected chi connectivity index (χ0v) is 24.7. The minimum atomic E-state index is -0.791. The number of likely N-dealkylation sites (tertiary alicyclic amines) is 1. The minimum Gasteiger partial charge on any atom is -0.444 e. The van der Waals surface area contributed by atoms with Gasteiger partial charge in [0.15, 0.2) is 0 Å². The molecule has 0 aliphatic carbocycles. The van der Waals surface area contributed by atoms with Crippen LogP contribution in [0.25, 0.3) is 0 Å². The van der Waals surface area contributed by atoms with Gasteiger partial charge < -0.3 is 19.5 Å². The van der Waals surface area contributed by atoms with Crippen molar-refractivity contribution in [2.75, 3.05) is 13.1 Å². The van der Waals surface area contributed by atoms with Gasteiger partial charge in [-0.15, -0.1) is 0 Å². The third-order valence-corrected chi connectivity index (χ3v) is 7.67. The number of ether oxygens (including phenoxy) is 1. The summed E-state index contributed by atoms with van der Waals surface area (Å²) in [5, 5.41) is 2.86. The highest BCUT2D eigenvalue weighted by atomic mass is 16.6. The van der Waals surface area contributed by atoms with Gasteiger partial charge in [0, 0.05) is 25.7 Å². The molecule has 1 aromatic heterocycles. The lowest BCUT2D eigenvalue weighted by molar-refractivity contribution is -0.134. The molecule has 3 aromatic carbocycles. The summed E-state index contributed by atoms with van der Waals surface area (Å²) in [6.07, 6.45) is 6.51. The molecule has 1 saturated heterocycles. The van der Waals surface area contributed by atoms with E-state index in [0.717, 1.165) is 36.0 Å². The third kappa shape index (κ3) is 6.40. The van der Waals surface area contributed by atoms with Gasteiger partial charge in [0.25, 0.3) is 0 Å². The molecule has 0 spiro atoms. The van der Waals surface area contributed by atoms with Crippen molar-refractivity contribution in [3.63, 3.8) is 0 Å². The SMILES string of the molecule is CC(C)(C)OC(=O)N[C@@H](Cc1cn(C(c2ccccc2)(c2ccccc2)c2ccccc2)cn1)C(=O)N1CCCCC1. The first kappa shape index (κ1) is 29.1. The van der Waals surface area contributed by atoms with Crippen LogP contribution >= 0.6 is 0 Å². The summed E-state index contributed by atoms with van der Waals surface area (Å²) in [7, 11) is 0. The van der Waals surface area contributed by atoms with Crippen molar-refractivity contribution in [3.05, 3.63) is 126 Å². The molecule has 1 aliphatic rings. The van der Waals surface area contributed by atoms with Crippen molar-refractivity contribution in [3.8, 4) is 0 Å². The molecule has 0 saturated carbocycles. The van der Waals surface area contributed by atoms with Crippen LogP contribution in [-0.4, -0.2) is 51.2 Å². The van der Waals surface area contributed by atoms with Crippen molar-refractivity contribution in [1.82, 2.24) is 19.8 Å². The molecule has 4 aromatic rings. The third-order valence-electron chi connectivity index (χ3n) is 7.67. The number of benzene rings is 3. The Balaban J connectivity index is 1.55. The fourth-order valence-corrected chi connectivity index (χ4v) is 5.83. The normalized spacial score (nSPS) is 14.7. The molecule has 0 bridgehead atoms. The lowest BCUT2D eigenvalue weighted by Gasteiger charge is -2.37. The highest BCUT2D eigenvalue weighted by Crippen LogP contribution is 2.40. The average Bonchev–Trinajstić information content (AvgIpc) is 3.46. The number of hydrogen-bond acceptors (Lipinski definition) is 4. The molecule has 218 valence electrons. The molecular formula is C35H40N4O3. The first-order valence-corrected chi connectivity index (χ1v) is 14.8. The van der Waals surface area contributed by atoms with Gasteiger partial charge in [0.2, 0.25) is 5.91 Å². The molecule has 7 nitrogen and oxygen atoms in total. The number of carbonyl (C=O) groups is 2. The second-order valence-electron chi connectivity index (χ2n) is 11.9. The zero-order chi connectivity index (χ0) is 29.6. The molecule has 1 atom stereocenters. The van der Waals surface area contributed by atoms with Gasteiger partial charge >= 0.3 is 6.09 Å². The molecule has 0 unspecified atom stereocenters. The van der Waals surface area contributed by atoms with Gasteiger partial charge in [-0.3, -0.25) is 4.79 Å². The molecule has 5 rings (SSSR count). The molecule has 2 amide bonds. The van der Waals surface area contributed by atoms with Crippen LogP contribution in [0, 0.1) is 0 Å². The average molecular weight is 565 g/mol. The number of aromatic nitrogens is 2. The summed E-state index contributed by atoms with van der Waals surface area (Å²) < 4.78 is 7.65. The first-order chi connectivity index (χ1) is 20.3. The Labute approximate surface area is 248 Å². The van der Waals surface area contributed by atoms with E-state index in [9.17, 15) is 9.59 Å². The number of hydrogen-bond donors (Lipinski definition) is 1. The fourth-order valence-electron chi connectivity index (χ4n) is 5.83. The number of rotatable bonds is 8. The van der Waals surface area contributed by atoms with Crippen LogP contribution in [0.1, 0.15) is 62.4 Å². The molecule has 1 aliphatic heterocycles. The van der Waals surface area contributed by atoms with Crippen LogP contribution in [-0.2, 0) is 21.5 Å². The number of carbonyl (C=O) groups excluding carboxylic acids is 2. The van der Waals surface area contributed by atoms with E-state index in [0.29, 0.717) is 18.8 Å². The Hall–Kier alpha value is -4.39. The smallest absolute Gasteiger partial charge is 0.408 e. The van der Waals surface area contributed by atoms with E-state index in [4.69, 9.17) is 9.72 Å². The quantitative estimate of drug-likeness (QED) is 0.260. The minimum absolute atomic E-state index is 0.101. The summed E-state index contributed by atoms with van der Waals surface area (Å²) in [5.74, 6) is -0.101. The number of piperidine rings is 1. The standard InChI is InChI=1S/C35H40N4O3/c1-34(2,3)42-33(41)37-31(32(40)38-22-14-7-15-23-38)24-30-25-39(26-36-30)35(27-16-8-4-9-17-27,28-18-10-5-11-19-28)29-20-12-6-13-21-29/h4-6,8-13,16-21,25-26,31H,7,14-15,22-24H2,1-3H3,(H,37,41)/t31-/m0/s1. The lowest BCUT2D eigenvalue weighted by Crippen LogP contribution is -2.52. The van der Waals surface area contributed by atoms with E-state index in [1.807, 2.05) is 92.8 Å². The molecule has 2 heterocycles. The van der Waals surface area contributed by atoms with Crippen LogP contribution in [0.4, 0.5) is 4.79 Å². The number of nitrogens with zero attached hydrogens (tertiary/aromatic N) is 3. The Morgan fingerprint density at radius 3 is 1.79 bits per heavy atom. The molecule has 42 heavy (non-hydrogen) atoms. The van der Waals surface area contributed by atoms with Crippen LogP contribution < -0.4 is 5.32 Å². The van der Waals surface area contributed by atoms with E-state index in [2.05, 4.69) is 46.3 Å². The predicted octanol–water partition coefficient (Wildman–Crippen LogP) is 6.17. The highest BCUT2D eigenvalue weighted by Gasteiger charge is 2.39. The molecule has 0 radical (unpaired) electrons. The van der Waals surface area contributed by atoms with Crippen LogP contribution in [0.2, 0.25) is 0 Å². The maximum Gasteiger partial charge on any atom is 0.408 e. The molecule has 1 fully saturated rings. The summed E-state index contributed by atoms with van der Waals surface area (Å²) in [4.78, 5) is 33.2. The predicted molar refractivity (Wildman–Crippen MR) is 164 cm³/mol. The lowest BCUT2D eigenvalue weighted by atomic mass is 9.77. The van der Waals surface area contributed by atoms with Crippen molar-refractivity contribution in [1.29, 1.82) is 0 Å². The number of imidazole rings is 1.